The lowest BCUT2D eigenvalue weighted by Gasteiger charge is -2.14. The zero-order valence-electron chi connectivity index (χ0n) is 7.14. The number of amides is 2. The van der Waals surface area contributed by atoms with Crippen molar-refractivity contribution in [3.05, 3.63) is 25.0 Å². The van der Waals surface area contributed by atoms with E-state index in [0.717, 1.165) is 0 Å². The maximum Gasteiger partial charge on any atom is 0.326 e. The number of imidazole rings is 2. The van der Waals surface area contributed by atoms with E-state index in [2.05, 4.69) is 19.9 Å². The van der Waals surface area contributed by atoms with E-state index in [1.807, 2.05) is 0 Å². The number of nitrogens with one attached hydrogen (secondary N) is 2. The highest BCUT2D eigenvalue weighted by molar-refractivity contribution is 5.96. The molecule has 0 bridgehead atoms. The molecular weight excluding hydrogens is 184 g/mol. The zero-order chi connectivity index (χ0) is 9.97. The van der Waals surface area contributed by atoms with E-state index in [0.29, 0.717) is 11.6 Å². The monoisotopic (exact) mass is 192 g/mol. The highest BCUT2D eigenvalue weighted by atomic mass is 16.2. The molecule has 0 fully saturated rings. The van der Waals surface area contributed by atoms with E-state index in [9.17, 15) is 4.79 Å². The Balaban J connectivity index is 2.40. The fourth-order valence-electron chi connectivity index (χ4n) is 1.11. The molecule has 2 heterocycles. The molecule has 0 unspecified atom stereocenters. The van der Waals surface area contributed by atoms with Gasteiger partial charge in [0.25, 0.3) is 0 Å². The highest BCUT2D eigenvalue weighted by Crippen LogP contribution is 2.18. The molecule has 0 aliphatic carbocycles. The zero-order valence-corrected chi connectivity index (χ0v) is 7.14. The summed E-state index contributed by atoms with van der Waals surface area (Å²) >= 11 is 0. The number of carbonyl (C=O) groups is 1. The first-order chi connectivity index (χ1) is 6.79. The lowest BCUT2D eigenvalue weighted by Crippen LogP contribution is -2.31. The summed E-state index contributed by atoms with van der Waals surface area (Å²) in [5.74, 6) is 0.975. The Morgan fingerprint density at radius 1 is 1.21 bits per heavy atom. The standard InChI is InChI=1S/C7H8N6O/c8-7(14)13(5-1-9-3-11-5)6-2-10-4-12-6/h1-4H,(H2,8,14)(H,9,11)(H,10,12). The van der Waals surface area contributed by atoms with E-state index in [1.165, 1.54) is 29.9 Å². The summed E-state index contributed by atoms with van der Waals surface area (Å²) in [6, 6.07) is -0.612. The van der Waals surface area contributed by atoms with Gasteiger partial charge in [0.15, 0.2) is 0 Å². The fourth-order valence-corrected chi connectivity index (χ4v) is 1.11. The predicted octanol–water partition coefficient (Wildman–Crippen LogP) is 0.350. The number of nitrogens with zero attached hydrogens (tertiary/aromatic N) is 3. The number of urea groups is 1. The minimum Gasteiger partial charge on any atom is -0.351 e. The molecule has 4 N–H and O–H groups in total. The number of H-pyrrole nitrogens is 2. The number of carbonyl (C=O) groups excluding carboxylic acids is 1. The molecule has 0 saturated heterocycles. The average Bonchev–Trinajstić information content (AvgIpc) is 2.75. The first-order valence-electron chi connectivity index (χ1n) is 3.85. The quantitative estimate of drug-likeness (QED) is 0.639. The van der Waals surface area contributed by atoms with Crippen molar-refractivity contribution in [1.82, 2.24) is 19.9 Å². The molecular formula is C7H8N6O. The summed E-state index contributed by atoms with van der Waals surface area (Å²) in [4.78, 5) is 25.5. The summed E-state index contributed by atoms with van der Waals surface area (Å²) in [6.45, 7) is 0. The van der Waals surface area contributed by atoms with Gasteiger partial charge in [-0.1, -0.05) is 0 Å². The van der Waals surface area contributed by atoms with Gasteiger partial charge in [0.1, 0.15) is 11.6 Å². The van der Waals surface area contributed by atoms with Crippen LogP contribution in [-0.2, 0) is 0 Å². The van der Waals surface area contributed by atoms with Gasteiger partial charge in [-0.3, -0.25) is 0 Å². The highest BCUT2D eigenvalue weighted by Gasteiger charge is 2.16. The number of hydrogen-bond donors (Lipinski definition) is 3. The third-order valence-electron chi connectivity index (χ3n) is 1.67. The summed E-state index contributed by atoms with van der Waals surface area (Å²) in [5, 5.41) is 0. The molecule has 7 nitrogen and oxygen atoms in total. The minimum atomic E-state index is -0.612. The van der Waals surface area contributed by atoms with Gasteiger partial charge in [0.05, 0.1) is 25.0 Å². The molecule has 0 aromatic carbocycles. The molecule has 0 aliphatic heterocycles. The summed E-state index contributed by atoms with van der Waals surface area (Å²) < 4.78 is 0. The fraction of sp³-hybridized carbons (Fsp3) is 0. The topological polar surface area (TPSA) is 104 Å². The Labute approximate surface area is 79.0 Å². The van der Waals surface area contributed by atoms with Crippen molar-refractivity contribution in [3.8, 4) is 0 Å². The molecule has 2 aromatic heterocycles. The first kappa shape index (κ1) is 8.30. The van der Waals surface area contributed by atoms with Crippen LogP contribution in [0.25, 0.3) is 0 Å². The van der Waals surface area contributed by atoms with Crippen molar-refractivity contribution in [2.24, 2.45) is 5.73 Å². The van der Waals surface area contributed by atoms with Gasteiger partial charge in [0.2, 0.25) is 0 Å². The molecule has 0 saturated carbocycles. The van der Waals surface area contributed by atoms with Crippen LogP contribution in [0.2, 0.25) is 0 Å². The van der Waals surface area contributed by atoms with Crippen molar-refractivity contribution in [1.29, 1.82) is 0 Å². The van der Waals surface area contributed by atoms with Gasteiger partial charge in [-0.05, 0) is 0 Å². The largest absolute Gasteiger partial charge is 0.351 e. The van der Waals surface area contributed by atoms with Crippen molar-refractivity contribution >= 4 is 17.7 Å². The summed E-state index contributed by atoms with van der Waals surface area (Å²) in [6.07, 6.45) is 5.90. The SMILES string of the molecule is NC(=O)N(c1cnc[nH]1)c1cnc[nH]1. The Morgan fingerprint density at radius 2 is 1.71 bits per heavy atom. The molecule has 72 valence electrons. The van der Waals surface area contributed by atoms with E-state index >= 15 is 0 Å². The van der Waals surface area contributed by atoms with Crippen LogP contribution in [0.3, 0.4) is 0 Å². The third kappa shape index (κ3) is 1.30. The van der Waals surface area contributed by atoms with Gasteiger partial charge in [-0.15, -0.1) is 0 Å². The summed E-state index contributed by atoms with van der Waals surface area (Å²) in [5.41, 5.74) is 5.21. The molecule has 0 radical (unpaired) electrons. The van der Waals surface area contributed by atoms with E-state index in [4.69, 9.17) is 5.73 Å². The van der Waals surface area contributed by atoms with E-state index < -0.39 is 6.03 Å². The van der Waals surface area contributed by atoms with Crippen LogP contribution >= 0.6 is 0 Å². The average molecular weight is 192 g/mol. The van der Waals surface area contributed by atoms with Crippen molar-refractivity contribution in [2.75, 3.05) is 4.90 Å². The van der Waals surface area contributed by atoms with Gasteiger partial charge < -0.3 is 15.7 Å². The number of aromatic nitrogens is 4. The number of anilines is 2. The predicted molar refractivity (Wildman–Crippen MR) is 48.9 cm³/mol. The first-order valence-corrected chi connectivity index (χ1v) is 3.85. The molecule has 2 aromatic rings. The third-order valence-corrected chi connectivity index (χ3v) is 1.67. The van der Waals surface area contributed by atoms with Crippen molar-refractivity contribution < 1.29 is 4.79 Å². The lowest BCUT2D eigenvalue weighted by atomic mass is 10.5. The second-order valence-corrected chi connectivity index (χ2v) is 2.55. The molecule has 0 aliphatic rings. The molecule has 0 spiro atoms. The smallest absolute Gasteiger partial charge is 0.326 e. The van der Waals surface area contributed by atoms with Crippen LogP contribution in [0.5, 0.6) is 0 Å². The molecule has 14 heavy (non-hydrogen) atoms. The Bertz CT molecular complexity index is 371. The van der Waals surface area contributed by atoms with Gasteiger partial charge in [-0.25, -0.2) is 19.7 Å². The maximum absolute atomic E-state index is 11.1. The van der Waals surface area contributed by atoms with Crippen LogP contribution in [0.4, 0.5) is 16.4 Å². The molecule has 0 atom stereocenters. The van der Waals surface area contributed by atoms with E-state index in [-0.39, 0.29) is 0 Å². The number of nitrogens with two attached hydrogens (primary N) is 1. The van der Waals surface area contributed by atoms with Gasteiger partial charge in [0, 0.05) is 0 Å². The maximum atomic E-state index is 11.1. The lowest BCUT2D eigenvalue weighted by molar-refractivity contribution is 0.256. The van der Waals surface area contributed by atoms with Gasteiger partial charge >= 0.3 is 6.03 Å². The van der Waals surface area contributed by atoms with Crippen LogP contribution in [0.1, 0.15) is 0 Å². The Kier molecular flexibility index (Phi) is 1.90. The molecule has 2 amide bonds. The van der Waals surface area contributed by atoms with Crippen LogP contribution < -0.4 is 10.6 Å². The second kappa shape index (κ2) is 3.21. The van der Waals surface area contributed by atoms with Crippen molar-refractivity contribution in [2.45, 2.75) is 0 Å². The molecule has 2 rings (SSSR count). The second-order valence-electron chi connectivity index (χ2n) is 2.55. The van der Waals surface area contributed by atoms with Crippen LogP contribution in [0.15, 0.2) is 25.0 Å². The van der Waals surface area contributed by atoms with Gasteiger partial charge in [-0.2, -0.15) is 0 Å². The summed E-state index contributed by atoms with van der Waals surface area (Å²) in [7, 11) is 0. The van der Waals surface area contributed by atoms with Crippen LogP contribution in [-0.4, -0.2) is 26.0 Å². The van der Waals surface area contributed by atoms with E-state index in [1.54, 1.807) is 0 Å². The number of hydrogen-bond acceptors (Lipinski definition) is 3. The van der Waals surface area contributed by atoms with Crippen molar-refractivity contribution in [3.63, 3.8) is 0 Å². The molecule has 7 heteroatoms. The number of primary amides is 1. The Hall–Kier alpha value is -2.31. The Morgan fingerprint density at radius 3 is 2.00 bits per heavy atom. The van der Waals surface area contributed by atoms with Crippen LogP contribution in [0, 0.1) is 0 Å². The number of rotatable bonds is 2. The minimum absolute atomic E-state index is 0.488. The number of aromatic amines is 2. The normalized spacial score (nSPS) is 10.0.